The normalized spacial score (nSPS) is 13.9. The van der Waals surface area contributed by atoms with Crippen LogP contribution in [0.4, 0.5) is 37.7 Å². The topological polar surface area (TPSA) is 76.0 Å². The van der Waals surface area contributed by atoms with Gasteiger partial charge in [0.15, 0.2) is 0 Å². The molecule has 0 bridgehead atoms. The first kappa shape index (κ1) is 33.2. The number of alkyl halides is 6. The van der Waals surface area contributed by atoms with Crippen molar-refractivity contribution in [1.82, 2.24) is 14.9 Å². The highest BCUT2D eigenvalue weighted by Gasteiger charge is 2.32. The second-order valence-corrected chi connectivity index (χ2v) is 11.0. The number of fused-ring (bicyclic) bond motifs is 2. The van der Waals surface area contributed by atoms with Gasteiger partial charge < -0.3 is 24.9 Å². The van der Waals surface area contributed by atoms with Crippen molar-refractivity contribution >= 4 is 33.2 Å². The van der Waals surface area contributed by atoms with Crippen LogP contribution < -0.4 is 9.80 Å². The molecule has 0 aliphatic rings. The number of hydrogen-bond acceptors (Lipinski definition) is 7. The van der Waals surface area contributed by atoms with Crippen molar-refractivity contribution in [1.29, 1.82) is 0 Å². The molecule has 4 aromatic rings. The van der Waals surface area contributed by atoms with Gasteiger partial charge in [-0.25, -0.2) is 0 Å². The summed E-state index contributed by atoms with van der Waals surface area (Å²) in [5.41, 5.74) is 0.108. The zero-order chi connectivity index (χ0) is 32.2. The summed E-state index contributed by atoms with van der Waals surface area (Å²) in [5, 5.41) is 21.4. The van der Waals surface area contributed by atoms with Crippen LogP contribution >= 0.6 is 0 Å². The van der Waals surface area contributed by atoms with Crippen molar-refractivity contribution in [3.8, 4) is 0 Å². The lowest BCUT2D eigenvalue weighted by Gasteiger charge is -2.32. The summed E-state index contributed by atoms with van der Waals surface area (Å²) >= 11 is 0. The van der Waals surface area contributed by atoms with Gasteiger partial charge in [-0.1, -0.05) is 12.1 Å². The van der Waals surface area contributed by atoms with Gasteiger partial charge in [0.05, 0.1) is 34.4 Å². The Morgan fingerprint density at radius 1 is 0.636 bits per heavy atom. The van der Waals surface area contributed by atoms with E-state index >= 15 is 0 Å². The predicted octanol–water partition coefficient (Wildman–Crippen LogP) is 5.83. The first-order chi connectivity index (χ1) is 20.6. The van der Waals surface area contributed by atoms with E-state index in [4.69, 9.17) is 0 Å². The Kier molecular flexibility index (Phi) is 10.2. The Bertz CT molecular complexity index is 1450. The van der Waals surface area contributed by atoms with Crippen LogP contribution in [0, 0.1) is 0 Å². The van der Waals surface area contributed by atoms with E-state index in [-0.39, 0.29) is 24.1 Å². The van der Waals surface area contributed by atoms with Gasteiger partial charge in [-0.15, -0.1) is 0 Å². The Morgan fingerprint density at radius 3 is 1.36 bits per heavy atom. The van der Waals surface area contributed by atoms with E-state index in [2.05, 4.69) is 9.97 Å². The molecule has 238 valence electrons. The van der Waals surface area contributed by atoms with Crippen LogP contribution in [-0.2, 0) is 12.4 Å². The fraction of sp³-hybridized carbons (Fsp3) is 0.419. The Morgan fingerprint density at radius 2 is 1.02 bits per heavy atom. The summed E-state index contributed by atoms with van der Waals surface area (Å²) in [6.07, 6.45) is -7.52. The summed E-state index contributed by atoms with van der Waals surface area (Å²) in [4.78, 5) is 14.1. The van der Waals surface area contributed by atoms with Gasteiger partial charge in [0, 0.05) is 73.8 Å². The molecule has 44 heavy (non-hydrogen) atoms. The second kappa shape index (κ2) is 13.5. The smallest absolute Gasteiger partial charge is 0.392 e. The average Bonchev–Trinajstić information content (AvgIpc) is 2.95. The minimum Gasteiger partial charge on any atom is -0.392 e. The molecule has 4 rings (SSSR count). The maximum Gasteiger partial charge on any atom is 0.416 e. The first-order valence-corrected chi connectivity index (χ1v) is 14.1. The molecule has 0 spiro atoms. The van der Waals surface area contributed by atoms with Gasteiger partial charge in [0.25, 0.3) is 0 Å². The molecule has 2 aromatic heterocycles. The molecule has 0 radical (unpaired) electrons. The number of hydrogen-bond donors (Lipinski definition) is 2. The first-order valence-electron chi connectivity index (χ1n) is 14.1. The van der Waals surface area contributed by atoms with Gasteiger partial charge in [-0.05, 0) is 57.3 Å². The number of pyridine rings is 2. The van der Waals surface area contributed by atoms with Crippen LogP contribution in [0.15, 0.2) is 60.9 Å². The van der Waals surface area contributed by atoms with Crippen LogP contribution in [-0.4, -0.2) is 83.6 Å². The van der Waals surface area contributed by atoms with Crippen LogP contribution in [0.2, 0.25) is 0 Å². The third kappa shape index (κ3) is 8.27. The number of benzene rings is 2. The van der Waals surface area contributed by atoms with Crippen molar-refractivity contribution in [3.63, 3.8) is 0 Å². The molecule has 0 saturated heterocycles. The standard InChI is InChI=1S/C31H35F6N5O2/c1-20(43)18-41(28-8-10-38-26-16-22(30(32,33)34)4-6-24(26)28)14-12-40(3)13-15-42(19-21(2)44)29-9-11-39-27-17-23(31(35,36)37)5-7-25(27)29/h4-11,16-17,20-21,43-44H,12-15,18-19H2,1-3H3. The summed E-state index contributed by atoms with van der Waals surface area (Å²) in [7, 11) is 1.89. The van der Waals surface area contributed by atoms with Gasteiger partial charge in [0.1, 0.15) is 0 Å². The van der Waals surface area contributed by atoms with Gasteiger partial charge in [0.2, 0.25) is 0 Å². The molecule has 7 nitrogen and oxygen atoms in total. The molecule has 0 amide bonds. The molecule has 2 heterocycles. The zero-order valence-corrected chi connectivity index (χ0v) is 24.6. The number of nitrogens with zero attached hydrogens (tertiary/aromatic N) is 5. The van der Waals surface area contributed by atoms with E-state index in [1.807, 2.05) is 21.7 Å². The van der Waals surface area contributed by atoms with Crippen molar-refractivity contribution in [2.45, 2.75) is 38.4 Å². The third-order valence-electron chi connectivity index (χ3n) is 7.25. The number of halogens is 6. The SMILES string of the molecule is CC(O)CN(CCN(C)CCN(CC(C)O)c1ccnc2cc(C(F)(F)F)ccc12)c1ccnc2cc(C(F)(F)F)ccc12. The molecule has 0 fully saturated rings. The van der Waals surface area contributed by atoms with Crippen molar-refractivity contribution in [3.05, 3.63) is 72.1 Å². The summed E-state index contributed by atoms with van der Waals surface area (Å²) < 4.78 is 79.6. The largest absolute Gasteiger partial charge is 0.416 e. The Labute approximate surface area is 251 Å². The molecule has 2 atom stereocenters. The number of aliphatic hydroxyl groups is 2. The van der Waals surface area contributed by atoms with Crippen LogP contribution in [0.25, 0.3) is 21.8 Å². The quantitative estimate of drug-likeness (QED) is 0.193. The number of rotatable bonds is 12. The molecule has 2 aromatic carbocycles. The number of anilines is 2. The molecule has 13 heteroatoms. The Balaban J connectivity index is 1.50. The summed E-state index contributed by atoms with van der Waals surface area (Å²) in [6, 6.07) is 10.3. The summed E-state index contributed by atoms with van der Waals surface area (Å²) in [5.74, 6) is 0. The highest BCUT2D eigenvalue weighted by Crippen LogP contribution is 2.35. The van der Waals surface area contributed by atoms with E-state index in [0.717, 1.165) is 24.3 Å². The van der Waals surface area contributed by atoms with Crippen LogP contribution in [0.3, 0.4) is 0 Å². The monoisotopic (exact) mass is 623 g/mol. The fourth-order valence-corrected chi connectivity index (χ4v) is 5.12. The van der Waals surface area contributed by atoms with E-state index < -0.39 is 35.7 Å². The zero-order valence-electron chi connectivity index (χ0n) is 24.6. The molecular formula is C31H35F6N5O2. The molecular weight excluding hydrogens is 588 g/mol. The lowest BCUT2D eigenvalue weighted by Crippen LogP contribution is -2.41. The predicted molar refractivity (Wildman–Crippen MR) is 159 cm³/mol. The van der Waals surface area contributed by atoms with Crippen molar-refractivity contribution < 1.29 is 36.6 Å². The Hall–Kier alpha value is -3.68. The average molecular weight is 624 g/mol. The molecule has 0 aliphatic carbocycles. The third-order valence-corrected chi connectivity index (χ3v) is 7.25. The maximum absolute atomic E-state index is 13.3. The highest BCUT2D eigenvalue weighted by molar-refractivity contribution is 5.93. The lowest BCUT2D eigenvalue weighted by atomic mass is 10.1. The van der Waals surface area contributed by atoms with Crippen molar-refractivity contribution in [2.24, 2.45) is 0 Å². The van der Waals surface area contributed by atoms with E-state index in [1.54, 1.807) is 26.0 Å². The minimum atomic E-state index is -4.50. The number of likely N-dealkylation sites (N-methyl/N-ethyl adjacent to an activating group) is 1. The lowest BCUT2D eigenvalue weighted by molar-refractivity contribution is -0.138. The van der Waals surface area contributed by atoms with Gasteiger partial charge in [-0.2, -0.15) is 26.3 Å². The summed E-state index contributed by atoms with van der Waals surface area (Å²) in [6.45, 7) is 5.67. The number of aliphatic hydroxyl groups excluding tert-OH is 2. The van der Waals surface area contributed by atoms with E-state index in [9.17, 15) is 36.6 Å². The molecule has 0 aliphatic heterocycles. The van der Waals surface area contributed by atoms with Crippen LogP contribution in [0.5, 0.6) is 0 Å². The van der Waals surface area contributed by atoms with E-state index in [0.29, 0.717) is 48.3 Å². The van der Waals surface area contributed by atoms with Gasteiger partial charge >= 0.3 is 12.4 Å². The second-order valence-electron chi connectivity index (χ2n) is 11.0. The van der Waals surface area contributed by atoms with Crippen LogP contribution in [0.1, 0.15) is 25.0 Å². The fourth-order valence-electron chi connectivity index (χ4n) is 5.12. The van der Waals surface area contributed by atoms with Crippen molar-refractivity contribution in [2.75, 3.05) is 56.1 Å². The molecule has 0 saturated carbocycles. The molecule has 2 N–H and O–H groups in total. The highest BCUT2D eigenvalue weighted by atomic mass is 19.4. The number of aromatic nitrogens is 2. The maximum atomic E-state index is 13.3. The van der Waals surface area contributed by atoms with E-state index in [1.165, 1.54) is 24.5 Å². The van der Waals surface area contributed by atoms with Gasteiger partial charge in [-0.3, -0.25) is 9.97 Å². The molecule has 2 unspecified atom stereocenters. The minimum absolute atomic E-state index is 0.196.